The third-order valence-electron chi connectivity index (χ3n) is 3.25. The van der Waals surface area contributed by atoms with E-state index in [9.17, 15) is 9.59 Å². The Morgan fingerprint density at radius 2 is 2.10 bits per heavy atom. The average Bonchev–Trinajstić information content (AvgIpc) is 3.00. The molecular weight excluding hydrogens is 286 g/mol. The average molecular weight is 303 g/mol. The van der Waals surface area contributed by atoms with Crippen molar-refractivity contribution in [3.63, 3.8) is 0 Å². The highest BCUT2D eigenvalue weighted by Gasteiger charge is 2.15. The second-order valence-electron chi connectivity index (χ2n) is 4.78. The Kier molecular flexibility index (Phi) is 5.11. The predicted octanol–water partition coefficient (Wildman–Crippen LogP) is 2.91. The van der Waals surface area contributed by atoms with Crippen LogP contribution in [-0.4, -0.2) is 23.5 Å². The molecule has 1 heterocycles. The SMILES string of the molecule is C[C@H](C(=O)NCCc1cccc(C(=O)O)c1)c1cccs1. The Labute approximate surface area is 127 Å². The molecule has 4 nitrogen and oxygen atoms in total. The molecule has 0 spiro atoms. The van der Waals surface area contributed by atoms with Crippen molar-refractivity contribution in [3.05, 3.63) is 57.8 Å². The zero-order chi connectivity index (χ0) is 15.2. The van der Waals surface area contributed by atoms with Gasteiger partial charge in [-0.2, -0.15) is 0 Å². The molecule has 0 radical (unpaired) electrons. The first-order valence-electron chi connectivity index (χ1n) is 6.71. The molecule has 0 unspecified atom stereocenters. The minimum Gasteiger partial charge on any atom is -0.478 e. The van der Waals surface area contributed by atoms with Crippen LogP contribution in [0.5, 0.6) is 0 Å². The summed E-state index contributed by atoms with van der Waals surface area (Å²) < 4.78 is 0. The number of amides is 1. The van der Waals surface area contributed by atoms with Gasteiger partial charge in [0.15, 0.2) is 0 Å². The molecule has 1 atom stereocenters. The summed E-state index contributed by atoms with van der Waals surface area (Å²) >= 11 is 1.57. The third-order valence-corrected chi connectivity index (χ3v) is 4.31. The second kappa shape index (κ2) is 7.04. The van der Waals surface area contributed by atoms with Crippen LogP contribution in [0.25, 0.3) is 0 Å². The van der Waals surface area contributed by atoms with E-state index < -0.39 is 5.97 Å². The molecule has 21 heavy (non-hydrogen) atoms. The molecule has 110 valence electrons. The number of nitrogens with one attached hydrogen (secondary N) is 1. The molecule has 1 amide bonds. The van der Waals surface area contributed by atoms with Gasteiger partial charge in [0.1, 0.15) is 0 Å². The summed E-state index contributed by atoms with van der Waals surface area (Å²) in [7, 11) is 0. The molecule has 2 rings (SSSR count). The summed E-state index contributed by atoms with van der Waals surface area (Å²) in [6.45, 7) is 2.38. The maximum Gasteiger partial charge on any atom is 0.335 e. The van der Waals surface area contributed by atoms with E-state index in [-0.39, 0.29) is 17.4 Å². The lowest BCUT2D eigenvalue weighted by Crippen LogP contribution is -2.29. The molecule has 0 saturated heterocycles. The summed E-state index contributed by atoms with van der Waals surface area (Å²) in [6, 6.07) is 10.7. The van der Waals surface area contributed by atoms with Crippen LogP contribution in [0.4, 0.5) is 0 Å². The van der Waals surface area contributed by atoms with Crippen LogP contribution in [0.3, 0.4) is 0 Å². The number of aromatic carboxylic acids is 1. The van der Waals surface area contributed by atoms with Gasteiger partial charge in [-0.05, 0) is 42.5 Å². The van der Waals surface area contributed by atoms with Gasteiger partial charge in [-0.3, -0.25) is 4.79 Å². The summed E-state index contributed by atoms with van der Waals surface area (Å²) in [5, 5.41) is 13.8. The van der Waals surface area contributed by atoms with Crippen LogP contribution in [0.1, 0.15) is 33.6 Å². The van der Waals surface area contributed by atoms with E-state index in [0.29, 0.717) is 13.0 Å². The fourth-order valence-corrected chi connectivity index (χ4v) is 2.79. The summed E-state index contributed by atoms with van der Waals surface area (Å²) in [4.78, 5) is 23.9. The maximum atomic E-state index is 12.0. The summed E-state index contributed by atoms with van der Waals surface area (Å²) in [6.07, 6.45) is 0.615. The molecule has 0 saturated carbocycles. The predicted molar refractivity (Wildman–Crippen MR) is 82.8 cm³/mol. The first kappa shape index (κ1) is 15.3. The van der Waals surface area contributed by atoms with Gasteiger partial charge in [-0.1, -0.05) is 18.2 Å². The topological polar surface area (TPSA) is 66.4 Å². The lowest BCUT2D eigenvalue weighted by atomic mass is 10.1. The second-order valence-corrected chi connectivity index (χ2v) is 5.76. The number of thiophene rings is 1. The van der Waals surface area contributed by atoms with E-state index in [1.807, 2.05) is 30.5 Å². The van der Waals surface area contributed by atoms with E-state index in [2.05, 4.69) is 5.32 Å². The van der Waals surface area contributed by atoms with Gasteiger partial charge in [0.25, 0.3) is 0 Å². The van der Waals surface area contributed by atoms with Crippen LogP contribution in [0, 0.1) is 0 Å². The molecule has 0 fully saturated rings. The van der Waals surface area contributed by atoms with Crippen molar-refractivity contribution >= 4 is 23.2 Å². The summed E-state index contributed by atoms with van der Waals surface area (Å²) in [5.74, 6) is -1.10. The number of benzene rings is 1. The van der Waals surface area contributed by atoms with Crippen molar-refractivity contribution in [2.45, 2.75) is 19.3 Å². The Bertz CT molecular complexity index is 622. The first-order valence-corrected chi connectivity index (χ1v) is 7.59. The molecule has 2 N–H and O–H groups in total. The molecule has 5 heteroatoms. The largest absolute Gasteiger partial charge is 0.478 e. The van der Waals surface area contributed by atoms with E-state index in [1.165, 1.54) is 0 Å². The lowest BCUT2D eigenvalue weighted by Gasteiger charge is -2.10. The van der Waals surface area contributed by atoms with Crippen molar-refractivity contribution in [2.24, 2.45) is 0 Å². The Morgan fingerprint density at radius 3 is 2.76 bits per heavy atom. The van der Waals surface area contributed by atoms with E-state index in [1.54, 1.807) is 29.5 Å². The minimum atomic E-state index is -0.938. The summed E-state index contributed by atoms with van der Waals surface area (Å²) in [5.41, 5.74) is 1.17. The number of rotatable bonds is 6. The molecule has 1 aromatic carbocycles. The van der Waals surface area contributed by atoms with Crippen molar-refractivity contribution in [3.8, 4) is 0 Å². The smallest absolute Gasteiger partial charge is 0.335 e. The molecule has 0 bridgehead atoms. The zero-order valence-corrected chi connectivity index (χ0v) is 12.5. The number of carbonyl (C=O) groups excluding carboxylic acids is 1. The lowest BCUT2D eigenvalue weighted by molar-refractivity contribution is -0.122. The van der Waals surface area contributed by atoms with Crippen molar-refractivity contribution in [1.29, 1.82) is 0 Å². The van der Waals surface area contributed by atoms with Gasteiger partial charge in [0.2, 0.25) is 5.91 Å². The van der Waals surface area contributed by atoms with Gasteiger partial charge in [0.05, 0.1) is 11.5 Å². The van der Waals surface area contributed by atoms with Crippen LogP contribution < -0.4 is 5.32 Å². The number of hydrogen-bond acceptors (Lipinski definition) is 3. The number of hydrogen-bond donors (Lipinski definition) is 2. The monoisotopic (exact) mass is 303 g/mol. The normalized spacial score (nSPS) is 11.9. The highest BCUT2D eigenvalue weighted by Crippen LogP contribution is 2.20. The highest BCUT2D eigenvalue weighted by atomic mass is 32.1. The van der Waals surface area contributed by atoms with Gasteiger partial charge in [-0.15, -0.1) is 11.3 Å². The Balaban J connectivity index is 1.85. The zero-order valence-electron chi connectivity index (χ0n) is 11.7. The van der Waals surface area contributed by atoms with Gasteiger partial charge >= 0.3 is 5.97 Å². The molecule has 0 aliphatic rings. The standard InChI is InChI=1S/C16H17NO3S/c1-11(14-6-3-9-21-14)15(18)17-8-7-12-4-2-5-13(10-12)16(19)20/h2-6,9-11H,7-8H2,1H3,(H,17,18)(H,19,20)/t11-/m0/s1. The molecule has 1 aromatic heterocycles. The maximum absolute atomic E-state index is 12.0. The third kappa shape index (κ3) is 4.16. The quantitative estimate of drug-likeness (QED) is 0.862. The van der Waals surface area contributed by atoms with E-state index in [4.69, 9.17) is 5.11 Å². The minimum absolute atomic E-state index is 0.00756. The van der Waals surface area contributed by atoms with Crippen LogP contribution in [0.2, 0.25) is 0 Å². The van der Waals surface area contributed by atoms with Gasteiger partial charge in [0, 0.05) is 11.4 Å². The number of carboxylic acid groups (broad SMARTS) is 1. The van der Waals surface area contributed by atoms with Crippen LogP contribution in [-0.2, 0) is 11.2 Å². The van der Waals surface area contributed by atoms with Crippen molar-refractivity contribution in [1.82, 2.24) is 5.32 Å². The van der Waals surface area contributed by atoms with Crippen molar-refractivity contribution in [2.75, 3.05) is 6.54 Å². The molecule has 2 aromatic rings. The molecule has 0 aliphatic heterocycles. The fourth-order valence-electron chi connectivity index (χ4n) is 2.01. The highest BCUT2D eigenvalue weighted by molar-refractivity contribution is 7.10. The van der Waals surface area contributed by atoms with Crippen LogP contribution in [0.15, 0.2) is 41.8 Å². The Hall–Kier alpha value is -2.14. The van der Waals surface area contributed by atoms with Crippen LogP contribution >= 0.6 is 11.3 Å². The first-order chi connectivity index (χ1) is 10.1. The molecular formula is C16H17NO3S. The molecule has 0 aliphatic carbocycles. The van der Waals surface area contributed by atoms with Gasteiger partial charge in [-0.25, -0.2) is 4.79 Å². The van der Waals surface area contributed by atoms with Crippen molar-refractivity contribution < 1.29 is 14.7 Å². The fraction of sp³-hybridized carbons (Fsp3) is 0.250. The van der Waals surface area contributed by atoms with Gasteiger partial charge < -0.3 is 10.4 Å². The van der Waals surface area contributed by atoms with E-state index in [0.717, 1.165) is 10.4 Å². The number of carbonyl (C=O) groups is 2. The van der Waals surface area contributed by atoms with E-state index >= 15 is 0 Å². The number of carboxylic acids is 1. The Morgan fingerprint density at radius 1 is 1.29 bits per heavy atom.